The van der Waals surface area contributed by atoms with E-state index in [1.165, 1.54) is 11.3 Å². The Morgan fingerprint density at radius 1 is 1.32 bits per heavy atom. The molecule has 92 valence electrons. The highest BCUT2D eigenvalue weighted by molar-refractivity contribution is 7.20. The second-order valence-corrected chi connectivity index (χ2v) is 4.55. The summed E-state index contributed by atoms with van der Waals surface area (Å²) in [5, 5.41) is 30.3. The molecule has 0 saturated carbocycles. The van der Waals surface area contributed by atoms with E-state index in [0.717, 1.165) is 10.1 Å². The Hall–Kier alpha value is -2.90. The minimum absolute atomic E-state index is 0.255. The van der Waals surface area contributed by atoms with Crippen LogP contribution in [0.1, 0.15) is 9.67 Å². The predicted octanol–water partition coefficient (Wildman–Crippen LogP) is 2.41. The average molecular weight is 270 g/mol. The van der Waals surface area contributed by atoms with Gasteiger partial charge in [-0.3, -0.25) is 5.43 Å². The molecule has 19 heavy (non-hydrogen) atoms. The number of benzene rings is 1. The van der Waals surface area contributed by atoms with Gasteiger partial charge in [0, 0.05) is 4.70 Å². The molecule has 0 spiro atoms. The van der Waals surface area contributed by atoms with Crippen LogP contribution in [0.2, 0.25) is 0 Å². The number of carbonyl (C=O) groups is 1. The van der Waals surface area contributed by atoms with E-state index >= 15 is 0 Å². The number of hydrogen-bond donors (Lipinski definition) is 2. The van der Waals surface area contributed by atoms with Crippen LogP contribution in [0.3, 0.4) is 0 Å². The Balaban J connectivity index is 2.32. The second kappa shape index (κ2) is 5.17. The Morgan fingerprint density at radius 3 is 2.68 bits per heavy atom. The molecule has 0 amide bonds. The van der Waals surface area contributed by atoms with Crippen LogP contribution in [0.25, 0.3) is 10.1 Å². The van der Waals surface area contributed by atoms with Crippen molar-refractivity contribution in [3.63, 3.8) is 0 Å². The molecule has 2 aromatic rings. The van der Waals surface area contributed by atoms with Crippen LogP contribution in [0.15, 0.2) is 29.4 Å². The lowest BCUT2D eigenvalue weighted by atomic mass is 10.2. The summed E-state index contributed by atoms with van der Waals surface area (Å²) in [7, 11) is 0. The molecule has 2 N–H and O–H groups in total. The molecule has 0 fully saturated rings. The first kappa shape index (κ1) is 12.6. The van der Waals surface area contributed by atoms with Crippen molar-refractivity contribution in [1.29, 1.82) is 10.5 Å². The van der Waals surface area contributed by atoms with E-state index in [4.69, 9.17) is 15.6 Å². The van der Waals surface area contributed by atoms with Crippen molar-refractivity contribution in [3.8, 4) is 12.1 Å². The summed E-state index contributed by atoms with van der Waals surface area (Å²) in [6, 6.07) is 9.97. The Labute approximate surface area is 111 Å². The van der Waals surface area contributed by atoms with Crippen LogP contribution in [0, 0.1) is 22.7 Å². The third kappa shape index (κ3) is 2.68. The summed E-state index contributed by atoms with van der Waals surface area (Å²) in [6.45, 7) is 0. The number of fused-ring (bicyclic) bond motifs is 1. The van der Waals surface area contributed by atoms with Crippen LogP contribution in [0.5, 0.6) is 0 Å². The van der Waals surface area contributed by atoms with Gasteiger partial charge in [-0.2, -0.15) is 15.6 Å². The van der Waals surface area contributed by atoms with E-state index in [2.05, 4.69) is 10.5 Å². The molecule has 1 aromatic carbocycles. The van der Waals surface area contributed by atoms with E-state index in [1.54, 1.807) is 36.4 Å². The van der Waals surface area contributed by atoms with Crippen molar-refractivity contribution >= 4 is 38.8 Å². The minimum Gasteiger partial charge on any atom is -0.477 e. The van der Waals surface area contributed by atoms with Crippen molar-refractivity contribution in [2.75, 3.05) is 5.43 Å². The quantitative estimate of drug-likeness (QED) is 0.657. The standard InChI is InChI=1S/C12H6N4O2S/c13-5-9(6-14)16-15-8-1-2-10-7(3-8)4-11(19-10)12(17)18/h1-4,15H,(H,17,18). The summed E-state index contributed by atoms with van der Waals surface area (Å²) in [6.07, 6.45) is 0. The molecule has 0 aliphatic carbocycles. The van der Waals surface area contributed by atoms with Crippen LogP contribution in [-0.2, 0) is 0 Å². The number of carboxylic acids is 1. The molecule has 0 bridgehead atoms. The van der Waals surface area contributed by atoms with E-state index in [9.17, 15) is 4.79 Å². The number of hydrogen-bond acceptors (Lipinski definition) is 6. The van der Waals surface area contributed by atoms with E-state index < -0.39 is 5.97 Å². The van der Waals surface area contributed by atoms with Gasteiger partial charge >= 0.3 is 5.97 Å². The lowest BCUT2D eigenvalue weighted by Crippen LogP contribution is -1.95. The van der Waals surface area contributed by atoms with E-state index in [-0.39, 0.29) is 10.6 Å². The van der Waals surface area contributed by atoms with Crippen molar-refractivity contribution in [2.45, 2.75) is 0 Å². The third-order valence-corrected chi connectivity index (χ3v) is 3.34. The first-order valence-electron chi connectivity index (χ1n) is 5.05. The zero-order valence-corrected chi connectivity index (χ0v) is 10.2. The number of nitriles is 2. The highest BCUT2D eigenvalue weighted by atomic mass is 32.1. The molecule has 0 atom stereocenters. The summed E-state index contributed by atoms with van der Waals surface area (Å²) < 4.78 is 0.840. The van der Waals surface area contributed by atoms with Gasteiger partial charge in [-0.25, -0.2) is 4.79 Å². The van der Waals surface area contributed by atoms with Crippen LogP contribution >= 0.6 is 11.3 Å². The smallest absolute Gasteiger partial charge is 0.345 e. The molecule has 0 aliphatic heterocycles. The lowest BCUT2D eigenvalue weighted by molar-refractivity contribution is 0.0702. The molecule has 0 radical (unpaired) electrons. The maximum Gasteiger partial charge on any atom is 0.345 e. The molecule has 7 heteroatoms. The molecule has 1 heterocycles. The van der Waals surface area contributed by atoms with Gasteiger partial charge in [0.2, 0.25) is 5.71 Å². The molecule has 1 aromatic heterocycles. The molecule has 0 saturated heterocycles. The average Bonchev–Trinajstić information content (AvgIpc) is 2.83. The van der Waals surface area contributed by atoms with Crippen LogP contribution in [0.4, 0.5) is 5.69 Å². The van der Waals surface area contributed by atoms with Gasteiger partial charge in [0.05, 0.1) is 5.69 Å². The van der Waals surface area contributed by atoms with E-state index in [1.807, 2.05) is 0 Å². The topological polar surface area (TPSA) is 109 Å². The number of hydrazone groups is 1. The summed E-state index contributed by atoms with van der Waals surface area (Å²) in [5.74, 6) is -0.968. The SMILES string of the molecule is N#CC(C#N)=NNc1ccc2sc(C(=O)O)cc2c1. The number of nitrogens with zero attached hydrogens (tertiary/aromatic N) is 3. The van der Waals surface area contributed by atoms with Gasteiger partial charge in [-0.05, 0) is 29.7 Å². The molecule has 2 rings (SSSR count). The molecule has 0 aliphatic rings. The number of anilines is 1. The zero-order chi connectivity index (χ0) is 13.8. The number of carboxylic acid groups (broad SMARTS) is 1. The van der Waals surface area contributed by atoms with Crippen LogP contribution in [-0.4, -0.2) is 16.8 Å². The van der Waals surface area contributed by atoms with Gasteiger partial charge in [0.25, 0.3) is 0 Å². The summed E-state index contributed by atoms with van der Waals surface area (Å²) in [5.41, 5.74) is 2.87. The van der Waals surface area contributed by atoms with Crippen LogP contribution < -0.4 is 5.43 Å². The number of thiophene rings is 1. The fourth-order valence-corrected chi connectivity index (χ4v) is 2.30. The molecular weight excluding hydrogens is 264 g/mol. The van der Waals surface area contributed by atoms with Gasteiger partial charge in [0.1, 0.15) is 17.0 Å². The van der Waals surface area contributed by atoms with Gasteiger partial charge in [-0.15, -0.1) is 11.3 Å². The van der Waals surface area contributed by atoms with Gasteiger partial charge in [-0.1, -0.05) is 0 Å². The maximum atomic E-state index is 10.8. The normalized spacial score (nSPS) is 9.37. The first-order valence-corrected chi connectivity index (χ1v) is 5.86. The minimum atomic E-state index is -0.968. The fourth-order valence-electron chi connectivity index (χ4n) is 1.41. The maximum absolute atomic E-state index is 10.8. The highest BCUT2D eigenvalue weighted by Crippen LogP contribution is 2.28. The fraction of sp³-hybridized carbons (Fsp3) is 0. The monoisotopic (exact) mass is 270 g/mol. The van der Waals surface area contributed by atoms with E-state index in [0.29, 0.717) is 5.69 Å². The Bertz CT molecular complexity index is 748. The van der Waals surface area contributed by atoms with Crippen molar-refractivity contribution in [1.82, 2.24) is 0 Å². The number of rotatable bonds is 3. The molecule has 6 nitrogen and oxygen atoms in total. The number of aromatic carboxylic acids is 1. The van der Waals surface area contributed by atoms with Crippen molar-refractivity contribution < 1.29 is 9.90 Å². The second-order valence-electron chi connectivity index (χ2n) is 3.46. The van der Waals surface area contributed by atoms with Gasteiger partial charge < -0.3 is 5.11 Å². The Morgan fingerprint density at radius 2 is 2.05 bits per heavy atom. The van der Waals surface area contributed by atoms with Gasteiger partial charge in [0.15, 0.2) is 0 Å². The number of nitrogens with one attached hydrogen (secondary N) is 1. The lowest BCUT2D eigenvalue weighted by Gasteiger charge is -1.99. The Kier molecular flexibility index (Phi) is 3.42. The molecule has 0 unspecified atom stereocenters. The third-order valence-electron chi connectivity index (χ3n) is 2.24. The highest BCUT2D eigenvalue weighted by Gasteiger charge is 2.08. The zero-order valence-electron chi connectivity index (χ0n) is 9.41. The molecular formula is C12H6N4O2S. The largest absolute Gasteiger partial charge is 0.477 e. The first-order chi connectivity index (χ1) is 9.13. The van der Waals surface area contributed by atoms with Crippen molar-refractivity contribution in [3.05, 3.63) is 29.1 Å². The van der Waals surface area contributed by atoms with Crippen molar-refractivity contribution in [2.24, 2.45) is 5.10 Å². The summed E-state index contributed by atoms with van der Waals surface area (Å²) >= 11 is 1.18. The predicted molar refractivity (Wildman–Crippen MR) is 71.1 cm³/mol. The summed E-state index contributed by atoms with van der Waals surface area (Å²) in [4.78, 5) is 11.1.